The van der Waals surface area contributed by atoms with E-state index in [2.05, 4.69) is 38.2 Å². The zero-order valence-electron chi connectivity index (χ0n) is 7.78. The minimum atomic E-state index is -1.08. The largest absolute Gasteiger partial charge is 0.323 e. The summed E-state index contributed by atoms with van der Waals surface area (Å²) in [5.41, 5.74) is 0. The van der Waals surface area contributed by atoms with Gasteiger partial charge in [-0.1, -0.05) is 33.0 Å². The van der Waals surface area contributed by atoms with Crippen LogP contribution in [0.25, 0.3) is 0 Å². The number of rotatable bonds is 4. The first-order chi connectivity index (χ1) is 4.48. The molecule has 0 unspecified atom stereocenters. The predicted molar refractivity (Wildman–Crippen MR) is 50.3 cm³/mol. The molecule has 0 fully saturated rings. The molecular formula is C8H20NSi. The second-order valence-electron chi connectivity index (χ2n) is 3.79. The van der Waals surface area contributed by atoms with E-state index in [1.54, 1.807) is 0 Å². The molecule has 61 valence electrons. The lowest BCUT2D eigenvalue weighted by molar-refractivity contribution is 0.526. The van der Waals surface area contributed by atoms with Crippen molar-refractivity contribution < 1.29 is 0 Å². The normalized spacial score (nSPS) is 12.6. The van der Waals surface area contributed by atoms with E-state index >= 15 is 0 Å². The minimum absolute atomic E-state index is 1.08. The molecule has 0 aliphatic rings. The van der Waals surface area contributed by atoms with Crippen LogP contribution in [0.3, 0.4) is 0 Å². The predicted octanol–water partition coefficient (Wildman–Crippen LogP) is 2.71. The Morgan fingerprint density at radius 2 is 1.80 bits per heavy atom. The molecule has 0 heterocycles. The van der Waals surface area contributed by atoms with E-state index in [0.717, 1.165) is 0 Å². The fourth-order valence-corrected chi connectivity index (χ4v) is 1.51. The van der Waals surface area contributed by atoms with E-state index in [4.69, 9.17) is 0 Å². The lowest BCUT2D eigenvalue weighted by Gasteiger charge is -2.29. The van der Waals surface area contributed by atoms with Crippen molar-refractivity contribution in [2.45, 2.75) is 39.4 Å². The van der Waals surface area contributed by atoms with Gasteiger partial charge in [-0.3, -0.25) is 0 Å². The van der Waals surface area contributed by atoms with Crippen LogP contribution in [0.4, 0.5) is 0 Å². The Labute approximate surface area is 66.5 Å². The second kappa shape index (κ2) is 4.14. The van der Waals surface area contributed by atoms with Crippen LogP contribution in [-0.4, -0.2) is 19.3 Å². The molecule has 1 radical (unpaired) electrons. The Morgan fingerprint density at radius 3 is 2.10 bits per heavy atom. The zero-order valence-corrected chi connectivity index (χ0v) is 8.78. The molecule has 1 nitrogen and oxygen atoms in total. The standard InChI is InChI=1S/C8H20NSi/c1-6-7-8-9(2)10(3,4)5/h2,6-8H2,1,3-5H3. The second-order valence-corrected chi connectivity index (χ2v) is 8.76. The smallest absolute Gasteiger partial charge is 0.119 e. The third kappa shape index (κ3) is 4.07. The monoisotopic (exact) mass is 158 g/mol. The van der Waals surface area contributed by atoms with Gasteiger partial charge in [0, 0.05) is 7.05 Å². The summed E-state index contributed by atoms with van der Waals surface area (Å²) in [5, 5.41) is 0. The van der Waals surface area contributed by atoms with Crippen LogP contribution in [0.1, 0.15) is 19.8 Å². The van der Waals surface area contributed by atoms with Crippen LogP contribution in [0.2, 0.25) is 19.6 Å². The lowest BCUT2D eigenvalue weighted by atomic mass is 10.3. The average molecular weight is 158 g/mol. The summed E-state index contributed by atoms with van der Waals surface area (Å²) in [7, 11) is 2.97. The molecule has 0 aliphatic heterocycles. The van der Waals surface area contributed by atoms with Gasteiger partial charge in [-0.2, -0.15) is 0 Å². The number of hydrogen-bond donors (Lipinski definition) is 0. The van der Waals surface area contributed by atoms with Gasteiger partial charge in [0.25, 0.3) is 0 Å². The molecule has 0 aliphatic carbocycles. The Hall–Kier alpha value is 0.177. The highest BCUT2D eigenvalue weighted by Crippen LogP contribution is 2.08. The molecule has 0 aromatic heterocycles. The highest BCUT2D eigenvalue weighted by atomic mass is 28.3. The summed E-state index contributed by atoms with van der Waals surface area (Å²) < 4.78 is 2.29. The molecule has 0 bridgehead atoms. The summed E-state index contributed by atoms with van der Waals surface area (Å²) in [6.45, 7) is 10.4. The van der Waals surface area contributed by atoms with Crippen LogP contribution in [-0.2, 0) is 0 Å². The van der Waals surface area contributed by atoms with E-state index < -0.39 is 8.24 Å². The lowest BCUT2D eigenvalue weighted by Crippen LogP contribution is -2.41. The summed E-state index contributed by atoms with van der Waals surface area (Å²) >= 11 is 0. The third-order valence-corrected chi connectivity index (χ3v) is 3.85. The Balaban J connectivity index is 3.52. The Morgan fingerprint density at radius 1 is 1.30 bits per heavy atom. The maximum Gasteiger partial charge on any atom is 0.119 e. The summed E-state index contributed by atoms with van der Waals surface area (Å²) in [4.78, 5) is 0. The van der Waals surface area contributed by atoms with Gasteiger partial charge in [-0.05, 0) is 13.0 Å². The molecule has 2 heteroatoms. The van der Waals surface area contributed by atoms with Crippen molar-refractivity contribution in [2.24, 2.45) is 0 Å². The summed E-state index contributed by atoms with van der Waals surface area (Å²) in [6.07, 6.45) is 2.56. The topological polar surface area (TPSA) is 3.24 Å². The number of nitrogens with zero attached hydrogens (tertiary/aromatic N) is 1. The van der Waals surface area contributed by atoms with Crippen molar-refractivity contribution in [2.75, 3.05) is 6.54 Å². The van der Waals surface area contributed by atoms with Crippen molar-refractivity contribution in [3.63, 3.8) is 0 Å². The van der Waals surface area contributed by atoms with Crippen molar-refractivity contribution in [1.82, 2.24) is 4.57 Å². The highest BCUT2D eigenvalue weighted by molar-refractivity contribution is 6.73. The van der Waals surface area contributed by atoms with Crippen LogP contribution < -0.4 is 0 Å². The first kappa shape index (κ1) is 10.2. The average Bonchev–Trinajstić information content (AvgIpc) is 1.80. The van der Waals surface area contributed by atoms with Crippen LogP contribution in [0, 0.1) is 7.05 Å². The molecule has 0 N–H and O–H groups in total. The number of unbranched alkanes of at least 4 members (excludes halogenated alkanes) is 1. The molecular weight excluding hydrogens is 138 g/mol. The van der Waals surface area contributed by atoms with Gasteiger partial charge in [0.15, 0.2) is 0 Å². The maximum atomic E-state index is 4.04. The molecule has 0 rings (SSSR count). The molecule has 0 saturated carbocycles. The van der Waals surface area contributed by atoms with E-state index in [1.807, 2.05) is 0 Å². The van der Waals surface area contributed by atoms with Crippen molar-refractivity contribution >= 4 is 8.24 Å². The van der Waals surface area contributed by atoms with Gasteiger partial charge in [0.1, 0.15) is 8.24 Å². The summed E-state index contributed by atoms with van der Waals surface area (Å²) in [6, 6.07) is 0. The van der Waals surface area contributed by atoms with E-state index in [1.165, 1.54) is 19.4 Å². The zero-order chi connectivity index (χ0) is 8.20. The highest BCUT2D eigenvalue weighted by Gasteiger charge is 2.18. The molecule has 0 atom stereocenters. The molecule has 0 saturated heterocycles. The van der Waals surface area contributed by atoms with Crippen molar-refractivity contribution in [3.05, 3.63) is 7.05 Å². The molecule has 0 aromatic rings. The Kier molecular flexibility index (Phi) is 4.21. The van der Waals surface area contributed by atoms with Gasteiger partial charge >= 0.3 is 0 Å². The van der Waals surface area contributed by atoms with Gasteiger partial charge < -0.3 is 4.57 Å². The third-order valence-electron chi connectivity index (χ3n) is 1.73. The SMILES string of the molecule is [CH2]N(CCCC)[Si](C)(C)C. The van der Waals surface area contributed by atoms with Crippen molar-refractivity contribution in [1.29, 1.82) is 0 Å². The van der Waals surface area contributed by atoms with Crippen LogP contribution in [0.5, 0.6) is 0 Å². The quantitative estimate of drug-likeness (QED) is 0.569. The van der Waals surface area contributed by atoms with Gasteiger partial charge in [0.2, 0.25) is 0 Å². The first-order valence-electron chi connectivity index (χ1n) is 4.06. The van der Waals surface area contributed by atoms with Crippen LogP contribution in [0.15, 0.2) is 0 Å². The summed E-state index contributed by atoms with van der Waals surface area (Å²) in [5.74, 6) is 0. The van der Waals surface area contributed by atoms with Crippen molar-refractivity contribution in [3.8, 4) is 0 Å². The minimum Gasteiger partial charge on any atom is -0.323 e. The van der Waals surface area contributed by atoms with E-state index in [9.17, 15) is 0 Å². The van der Waals surface area contributed by atoms with Gasteiger partial charge in [-0.15, -0.1) is 0 Å². The molecule has 0 spiro atoms. The van der Waals surface area contributed by atoms with E-state index in [-0.39, 0.29) is 0 Å². The fourth-order valence-electron chi connectivity index (χ4n) is 0.684. The van der Waals surface area contributed by atoms with Gasteiger partial charge in [-0.25, -0.2) is 0 Å². The fraction of sp³-hybridized carbons (Fsp3) is 0.875. The molecule has 10 heavy (non-hydrogen) atoms. The Bertz CT molecular complexity index is 85.7. The molecule has 0 aromatic carbocycles. The van der Waals surface area contributed by atoms with Gasteiger partial charge in [0.05, 0.1) is 0 Å². The number of hydrogen-bond acceptors (Lipinski definition) is 1. The molecule has 0 amide bonds. The van der Waals surface area contributed by atoms with Crippen LogP contribution >= 0.6 is 0 Å². The van der Waals surface area contributed by atoms with E-state index in [0.29, 0.717) is 0 Å². The first-order valence-corrected chi connectivity index (χ1v) is 7.51. The maximum absolute atomic E-state index is 4.04.